The summed E-state index contributed by atoms with van der Waals surface area (Å²) in [5, 5.41) is 0. The van der Waals surface area contributed by atoms with Crippen LogP contribution in [0.4, 0.5) is 0 Å². The number of nitrogens with zero attached hydrogens (tertiary/aromatic N) is 1. The molecule has 0 unspecified atom stereocenters. The van der Waals surface area contributed by atoms with Crippen molar-refractivity contribution in [1.82, 2.24) is 0 Å². The summed E-state index contributed by atoms with van der Waals surface area (Å²) in [4.78, 5) is 13.1. The van der Waals surface area contributed by atoms with Gasteiger partial charge in [0, 0.05) is 0 Å². The van der Waals surface area contributed by atoms with Gasteiger partial charge in [0.15, 0.2) is 0 Å². The summed E-state index contributed by atoms with van der Waals surface area (Å²) < 4.78 is 0. The van der Waals surface area contributed by atoms with Crippen molar-refractivity contribution in [3.05, 3.63) is 42.0 Å². The van der Waals surface area contributed by atoms with Crippen LogP contribution in [-0.2, 0) is 4.79 Å². The smallest absolute Gasteiger partial charge is 0.211 e. The van der Waals surface area contributed by atoms with Crippen LogP contribution in [0.3, 0.4) is 0 Å². The van der Waals surface area contributed by atoms with E-state index in [9.17, 15) is 4.79 Å². The van der Waals surface area contributed by atoms with E-state index >= 15 is 0 Å². The molecule has 0 saturated carbocycles. The van der Waals surface area contributed by atoms with Crippen LogP contribution in [0.1, 0.15) is 5.56 Å². The Hall–Kier alpha value is -1.66. The van der Waals surface area contributed by atoms with Crippen molar-refractivity contribution >= 4 is 12.2 Å². The molecule has 0 spiro atoms. The average molecular weight is 159 g/mol. The average Bonchev–Trinajstić information content (AvgIpc) is 2.14. The molecule has 0 atom stereocenters. The molecule has 0 amide bonds. The lowest BCUT2D eigenvalue weighted by Crippen LogP contribution is -1.71. The van der Waals surface area contributed by atoms with Crippen molar-refractivity contribution in [3.63, 3.8) is 0 Å². The van der Waals surface area contributed by atoms with Gasteiger partial charge in [0.25, 0.3) is 0 Å². The first kappa shape index (κ1) is 8.44. The Kier molecular flexibility index (Phi) is 3.55. The van der Waals surface area contributed by atoms with Crippen LogP contribution in [0.2, 0.25) is 0 Å². The number of hydrogen-bond donors (Lipinski definition) is 0. The number of hydrogen-bond acceptors (Lipinski definition) is 2. The number of rotatable bonds is 3. The van der Waals surface area contributed by atoms with E-state index in [4.69, 9.17) is 0 Å². The Labute approximate surface area is 71.3 Å². The molecule has 0 aliphatic rings. The monoisotopic (exact) mass is 159 g/mol. The van der Waals surface area contributed by atoms with Crippen molar-refractivity contribution in [2.45, 2.75) is 0 Å². The van der Waals surface area contributed by atoms with Gasteiger partial charge in [-0.2, -0.15) is 0 Å². The molecule has 12 heavy (non-hydrogen) atoms. The first-order valence-electron chi connectivity index (χ1n) is 3.68. The second-order valence-corrected chi connectivity index (χ2v) is 2.25. The minimum atomic E-state index is 0.401. The molecule has 60 valence electrons. The normalized spacial score (nSPS) is 9.67. The maximum absolute atomic E-state index is 9.69. The standard InChI is InChI=1S/C10H9NO/c12-9-11-8-4-7-10-5-2-1-3-6-10/h1-7H,8H2. The van der Waals surface area contributed by atoms with Gasteiger partial charge in [-0.3, -0.25) is 0 Å². The third-order valence-corrected chi connectivity index (χ3v) is 1.37. The lowest BCUT2D eigenvalue weighted by Gasteiger charge is -1.88. The zero-order chi connectivity index (χ0) is 8.65. The van der Waals surface area contributed by atoms with Gasteiger partial charge >= 0.3 is 0 Å². The fraction of sp³-hybridized carbons (Fsp3) is 0.100. The molecule has 0 aromatic heterocycles. The molecular weight excluding hydrogens is 150 g/mol. The highest BCUT2D eigenvalue weighted by Crippen LogP contribution is 1.99. The quantitative estimate of drug-likeness (QED) is 0.490. The van der Waals surface area contributed by atoms with Gasteiger partial charge in [-0.15, -0.1) is 0 Å². The molecule has 0 saturated heterocycles. The van der Waals surface area contributed by atoms with Crippen LogP contribution < -0.4 is 0 Å². The fourth-order valence-electron chi connectivity index (χ4n) is 0.843. The van der Waals surface area contributed by atoms with Crippen molar-refractivity contribution in [2.75, 3.05) is 6.54 Å². The first-order chi connectivity index (χ1) is 5.93. The fourth-order valence-corrected chi connectivity index (χ4v) is 0.843. The third-order valence-electron chi connectivity index (χ3n) is 1.37. The maximum Gasteiger partial charge on any atom is 0.235 e. The molecule has 0 aliphatic carbocycles. The molecule has 1 aromatic rings. The molecule has 0 fully saturated rings. The topological polar surface area (TPSA) is 29.4 Å². The zero-order valence-electron chi connectivity index (χ0n) is 6.60. The number of aliphatic imine (C=N–C) groups is 1. The summed E-state index contributed by atoms with van der Waals surface area (Å²) in [6.07, 6.45) is 5.21. The van der Waals surface area contributed by atoms with Crippen LogP contribution in [0, 0.1) is 0 Å². The van der Waals surface area contributed by atoms with Crippen molar-refractivity contribution < 1.29 is 4.79 Å². The highest BCUT2D eigenvalue weighted by atomic mass is 16.1. The second kappa shape index (κ2) is 5.05. The van der Waals surface area contributed by atoms with E-state index < -0.39 is 0 Å². The highest BCUT2D eigenvalue weighted by molar-refractivity contribution is 5.49. The van der Waals surface area contributed by atoms with Crippen LogP contribution in [0.25, 0.3) is 6.08 Å². The number of isocyanates is 1. The second-order valence-electron chi connectivity index (χ2n) is 2.25. The molecule has 0 aliphatic heterocycles. The van der Waals surface area contributed by atoms with Crippen LogP contribution in [0.5, 0.6) is 0 Å². The van der Waals surface area contributed by atoms with E-state index in [1.54, 1.807) is 0 Å². The summed E-state index contributed by atoms with van der Waals surface area (Å²) in [7, 11) is 0. The van der Waals surface area contributed by atoms with E-state index in [1.165, 1.54) is 6.08 Å². The summed E-state index contributed by atoms with van der Waals surface area (Å²) in [5.74, 6) is 0. The molecule has 0 radical (unpaired) electrons. The van der Waals surface area contributed by atoms with Gasteiger partial charge in [-0.1, -0.05) is 42.5 Å². The summed E-state index contributed by atoms with van der Waals surface area (Å²) in [6.45, 7) is 0.401. The number of benzene rings is 1. The summed E-state index contributed by atoms with van der Waals surface area (Å²) in [6, 6.07) is 9.86. The van der Waals surface area contributed by atoms with Crippen molar-refractivity contribution in [2.24, 2.45) is 4.99 Å². The Balaban J connectivity index is 2.52. The van der Waals surface area contributed by atoms with Gasteiger partial charge in [-0.05, 0) is 5.56 Å². The predicted octanol–water partition coefficient (Wildman–Crippen LogP) is 2.04. The Bertz CT molecular complexity index is 297. The van der Waals surface area contributed by atoms with E-state index in [0.717, 1.165) is 5.56 Å². The minimum Gasteiger partial charge on any atom is -0.211 e. The summed E-state index contributed by atoms with van der Waals surface area (Å²) in [5.41, 5.74) is 1.11. The van der Waals surface area contributed by atoms with E-state index in [1.807, 2.05) is 42.5 Å². The first-order valence-corrected chi connectivity index (χ1v) is 3.68. The van der Waals surface area contributed by atoms with Crippen molar-refractivity contribution in [3.8, 4) is 0 Å². The van der Waals surface area contributed by atoms with Crippen molar-refractivity contribution in [1.29, 1.82) is 0 Å². The lowest BCUT2D eigenvalue weighted by molar-refractivity contribution is 0.564. The highest BCUT2D eigenvalue weighted by Gasteiger charge is 1.80. The van der Waals surface area contributed by atoms with Gasteiger partial charge in [-0.25, -0.2) is 9.79 Å². The van der Waals surface area contributed by atoms with Crippen LogP contribution >= 0.6 is 0 Å². The largest absolute Gasteiger partial charge is 0.235 e. The molecule has 0 bridgehead atoms. The zero-order valence-corrected chi connectivity index (χ0v) is 6.60. The SMILES string of the molecule is O=C=NCC=Cc1ccccc1. The van der Waals surface area contributed by atoms with Crippen LogP contribution in [0.15, 0.2) is 41.4 Å². The minimum absolute atomic E-state index is 0.401. The molecule has 0 heterocycles. The molecule has 1 rings (SSSR count). The number of carbonyl (C=O) groups excluding carboxylic acids is 1. The van der Waals surface area contributed by atoms with Gasteiger partial charge in [0.05, 0.1) is 6.54 Å². The molecular formula is C10H9NO. The maximum atomic E-state index is 9.69. The van der Waals surface area contributed by atoms with E-state index in [0.29, 0.717) is 6.54 Å². The molecule has 0 N–H and O–H groups in total. The van der Waals surface area contributed by atoms with Gasteiger partial charge < -0.3 is 0 Å². The Morgan fingerprint density at radius 1 is 1.33 bits per heavy atom. The molecule has 1 aromatic carbocycles. The predicted molar refractivity (Wildman–Crippen MR) is 48.5 cm³/mol. The summed E-state index contributed by atoms with van der Waals surface area (Å²) >= 11 is 0. The van der Waals surface area contributed by atoms with Gasteiger partial charge in [0.1, 0.15) is 0 Å². The van der Waals surface area contributed by atoms with Crippen LogP contribution in [-0.4, -0.2) is 12.6 Å². The Morgan fingerprint density at radius 3 is 2.75 bits per heavy atom. The molecule has 2 nitrogen and oxygen atoms in total. The molecule has 2 heteroatoms. The Morgan fingerprint density at radius 2 is 2.08 bits per heavy atom. The van der Waals surface area contributed by atoms with Gasteiger partial charge in [0.2, 0.25) is 6.08 Å². The third kappa shape index (κ3) is 2.95. The lowest BCUT2D eigenvalue weighted by atomic mass is 10.2. The van der Waals surface area contributed by atoms with E-state index in [2.05, 4.69) is 4.99 Å². The van der Waals surface area contributed by atoms with E-state index in [-0.39, 0.29) is 0 Å².